The van der Waals surface area contributed by atoms with Crippen LogP contribution in [0, 0.1) is 3.57 Å². The Kier molecular flexibility index (Phi) is 4.76. The van der Waals surface area contributed by atoms with Crippen molar-refractivity contribution in [1.82, 2.24) is 9.97 Å². The molecule has 0 aliphatic heterocycles. The molecule has 15 heavy (non-hydrogen) atoms. The average molecular weight is 321 g/mol. The molecular formula is C9H12IN3O2. The molecule has 0 saturated heterocycles. The van der Waals surface area contributed by atoms with E-state index in [2.05, 4.69) is 16.5 Å². The lowest BCUT2D eigenvalue weighted by Crippen LogP contribution is -2.30. The number of anilines is 1. The van der Waals surface area contributed by atoms with E-state index in [9.17, 15) is 4.79 Å². The van der Waals surface area contributed by atoms with Crippen molar-refractivity contribution in [2.24, 2.45) is 0 Å². The fourth-order valence-corrected chi connectivity index (χ4v) is 1.79. The van der Waals surface area contributed by atoms with Gasteiger partial charge in [-0.1, -0.05) is 6.08 Å². The van der Waals surface area contributed by atoms with Gasteiger partial charge < -0.3 is 15.0 Å². The second-order valence-corrected chi connectivity index (χ2v) is 3.91. The van der Waals surface area contributed by atoms with Crippen LogP contribution in [0.25, 0.3) is 0 Å². The molecule has 0 bridgehead atoms. The predicted octanol–water partition coefficient (Wildman–Crippen LogP) is 0.359. The Morgan fingerprint density at radius 1 is 1.73 bits per heavy atom. The van der Waals surface area contributed by atoms with Crippen molar-refractivity contribution in [1.29, 1.82) is 0 Å². The minimum atomic E-state index is -0.174. The van der Waals surface area contributed by atoms with Crippen LogP contribution in [0.3, 0.4) is 0 Å². The van der Waals surface area contributed by atoms with Gasteiger partial charge in [0.2, 0.25) is 0 Å². The summed E-state index contributed by atoms with van der Waals surface area (Å²) in [6.45, 7) is 4.61. The molecule has 1 aromatic heterocycles. The molecule has 2 N–H and O–H groups in total. The van der Waals surface area contributed by atoms with Gasteiger partial charge in [-0.3, -0.25) is 4.79 Å². The number of nitrogens with zero attached hydrogens (tertiary/aromatic N) is 2. The molecular weight excluding hydrogens is 309 g/mol. The quantitative estimate of drug-likeness (QED) is 0.607. The lowest BCUT2D eigenvalue weighted by atomic mass is 10.4. The number of rotatable bonds is 5. The van der Waals surface area contributed by atoms with Crippen LogP contribution in [0.2, 0.25) is 0 Å². The van der Waals surface area contributed by atoms with Crippen molar-refractivity contribution >= 4 is 28.4 Å². The second-order valence-electron chi connectivity index (χ2n) is 2.83. The Labute approximate surface area is 101 Å². The Balaban J connectivity index is 3.04. The summed E-state index contributed by atoms with van der Waals surface area (Å²) in [5, 5.41) is 8.89. The zero-order valence-electron chi connectivity index (χ0n) is 8.11. The van der Waals surface area contributed by atoms with Crippen LogP contribution in [-0.4, -0.2) is 34.8 Å². The fraction of sp³-hybridized carbons (Fsp3) is 0.333. The van der Waals surface area contributed by atoms with Gasteiger partial charge in [-0.25, -0.2) is 4.98 Å². The van der Waals surface area contributed by atoms with Crippen molar-refractivity contribution < 1.29 is 5.11 Å². The highest BCUT2D eigenvalue weighted by Gasteiger charge is 2.11. The third kappa shape index (κ3) is 3.03. The highest BCUT2D eigenvalue weighted by molar-refractivity contribution is 14.1. The highest BCUT2D eigenvalue weighted by Crippen LogP contribution is 2.14. The Morgan fingerprint density at radius 3 is 3.07 bits per heavy atom. The number of aromatic amines is 1. The van der Waals surface area contributed by atoms with Crippen LogP contribution in [0.4, 0.5) is 5.82 Å². The van der Waals surface area contributed by atoms with E-state index >= 15 is 0 Å². The van der Waals surface area contributed by atoms with E-state index in [4.69, 9.17) is 5.11 Å². The largest absolute Gasteiger partial charge is 0.395 e. The predicted molar refractivity (Wildman–Crippen MR) is 67.1 cm³/mol. The van der Waals surface area contributed by atoms with Crippen LogP contribution in [0.5, 0.6) is 0 Å². The van der Waals surface area contributed by atoms with E-state index in [1.54, 1.807) is 11.0 Å². The minimum Gasteiger partial charge on any atom is -0.395 e. The summed E-state index contributed by atoms with van der Waals surface area (Å²) >= 11 is 1.94. The van der Waals surface area contributed by atoms with Crippen LogP contribution in [-0.2, 0) is 0 Å². The van der Waals surface area contributed by atoms with Crippen molar-refractivity contribution in [2.75, 3.05) is 24.6 Å². The Hall–Kier alpha value is -0.890. The first-order valence-corrected chi connectivity index (χ1v) is 5.48. The monoisotopic (exact) mass is 321 g/mol. The first kappa shape index (κ1) is 12.2. The molecule has 0 radical (unpaired) electrons. The molecule has 0 fully saturated rings. The lowest BCUT2D eigenvalue weighted by molar-refractivity contribution is 0.302. The zero-order valence-corrected chi connectivity index (χ0v) is 10.3. The van der Waals surface area contributed by atoms with Gasteiger partial charge in [0.25, 0.3) is 5.56 Å². The van der Waals surface area contributed by atoms with E-state index in [0.29, 0.717) is 22.5 Å². The third-order valence-corrected chi connectivity index (χ3v) is 2.77. The topological polar surface area (TPSA) is 69.2 Å². The summed E-state index contributed by atoms with van der Waals surface area (Å²) in [6, 6.07) is 0. The maximum absolute atomic E-state index is 11.3. The summed E-state index contributed by atoms with van der Waals surface area (Å²) in [5.74, 6) is 0.577. The number of aromatic nitrogens is 2. The van der Waals surface area contributed by atoms with Crippen LogP contribution >= 0.6 is 22.6 Å². The van der Waals surface area contributed by atoms with Gasteiger partial charge in [-0.15, -0.1) is 6.58 Å². The van der Waals surface area contributed by atoms with Crippen LogP contribution in [0.1, 0.15) is 0 Å². The SMILES string of the molecule is C=CCN(CCO)c1nc[nH]c(=O)c1I. The number of halogens is 1. The lowest BCUT2D eigenvalue weighted by Gasteiger charge is -2.21. The number of aliphatic hydroxyl groups is 1. The molecule has 0 aliphatic rings. The fourth-order valence-electron chi connectivity index (χ4n) is 1.15. The van der Waals surface area contributed by atoms with Crippen molar-refractivity contribution in [3.05, 3.63) is 32.9 Å². The number of hydrogen-bond acceptors (Lipinski definition) is 4. The van der Waals surface area contributed by atoms with Gasteiger partial charge in [0.1, 0.15) is 9.39 Å². The van der Waals surface area contributed by atoms with Gasteiger partial charge in [-0.2, -0.15) is 0 Å². The Bertz CT molecular complexity index is 391. The van der Waals surface area contributed by atoms with E-state index in [1.807, 2.05) is 22.6 Å². The minimum absolute atomic E-state index is 0.0123. The molecule has 1 heterocycles. The molecule has 0 aromatic carbocycles. The molecule has 0 saturated carbocycles. The number of nitrogens with one attached hydrogen (secondary N) is 1. The number of hydrogen-bond donors (Lipinski definition) is 2. The highest BCUT2D eigenvalue weighted by atomic mass is 127. The van der Waals surface area contributed by atoms with Crippen molar-refractivity contribution in [3.63, 3.8) is 0 Å². The molecule has 5 nitrogen and oxygen atoms in total. The summed E-state index contributed by atoms with van der Waals surface area (Å²) < 4.78 is 0.519. The molecule has 1 rings (SSSR count). The van der Waals surface area contributed by atoms with E-state index in [1.165, 1.54) is 6.33 Å². The van der Waals surface area contributed by atoms with E-state index < -0.39 is 0 Å². The molecule has 0 spiro atoms. The van der Waals surface area contributed by atoms with Crippen molar-refractivity contribution in [2.45, 2.75) is 0 Å². The molecule has 0 amide bonds. The summed E-state index contributed by atoms with van der Waals surface area (Å²) in [7, 11) is 0. The third-order valence-electron chi connectivity index (χ3n) is 1.80. The summed E-state index contributed by atoms with van der Waals surface area (Å²) in [5.41, 5.74) is -0.174. The van der Waals surface area contributed by atoms with Crippen LogP contribution in [0.15, 0.2) is 23.8 Å². The first-order valence-electron chi connectivity index (χ1n) is 4.40. The van der Waals surface area contributed by atoms with E-state index in [-0.39, 0.29) is 12.2 Å². The summed E-state index contributed by atoms with van der Waals surface area (Å²) in [4.78, 5) is 19.7. The molecule has 0 atom stereocenters. The normalized spacial score (nSPS) is 10.0. The van der Waals surface area contributed by atoms with Gasteiger partial charge in [0.05, 0.1) is 12.9 Å². The standard InChI is InChI=1S/C9H12IN3O2/c1-2-3-13(4-5-14)8-7(10)9(15)12-6-11-8/h2,6,14H,1,3-5H2,(H,11,12,15). The molecule has 0 unspecified atom stereocenters. The van der Waals surface area contributed by atoms with Crippen molar-refractivity contribution in [3.8, 4) is 0 Å². The molecule has 6 heteroatoms. The molecule has 1 aromatic rings. The van der Waals surface area contributed by atoms with Gasteiger partial charge in [0, 0.05) is 13.1 Å². The second kappa shape index (κ2) is 5.86. The van der Waals surface area contributed by atoms with Crippen LogP contribution < -0.4 is 10.5 Å². The maximum Gasteiger partial charge on any atom is 0.266 e. The first-order chi connectivity index (χ1) is 7.20. The van der Waals surface area contributed by atoms with Gasteiger partial charge in [-0.05, 0) is 22.6 Å². The smallest absolute Gasteiger partial charge is 0.266 e. The maximum atomic E-state index is 11.3. The summed E-state index contributed by atoms with van der Waals surface area (Å²) in [6.07, 6.45) is 3.06. The van der Waals surface area contributed by atoms with Gasteiger partial charge >= 0.3 is 0 Å². The zero-order chi connectivity index (χ0) is 11.3. The average Bonchev–Trinajstić information content (AvgIpc) is 2.22. The van der Waals surface area contributed by atoms with Gasteiger partial charge in [0.15, 0.2) is 0 Å². The number of aliphatic hydroxyl groups excluding tert-OH is 1. The van der Waals surface area contributed by atoms with E-state index in [0.717, 1.165) is 0 Å². The Morgan fingerprint density at radius 2 is 2.47 bits per heavy atom. The number of H-pyrrole nitrogens is 1. The molecule has 0 aliphatic carbocycles. The molecule has 82 valence electrons.